The van der Waals surface area contributed by atoms with E-state index in [1.54, 1.807) is 6.92 Å². The van der Waals surface area contributed by atoms with Crippen molar-refractivity contribution < 1.29 is 24.0 Å². The van der Waals surface area contributed by atoms with Gasteiger partial charge in [-0.05, 0) is 12.5 Å². The number of hydrogen-bond acceptors (Lipinski definition) is 4. The molecule has 1 aromatic carbocycles. The Morgan fingerprint density at radius 2 is 2.05 bits per heavy atom. The van der Waals surface area contributed by atoms with Crippen LogP contribution >= 0.6 is 0 Å². The number of rotatable bonds is 6. The lowest BCUT2D eigenvalue weighted by Gasteiger charge is -2.14. The Bertz CT molecular complexity index is 474. The molecule has 1 heterocycles. The normalized spacial score (nSPS) is 21.9. The van der Waals surface area contributed by atoms with Gasteiger partial charge in [-0.2, -0.15) is 0 Å². The fraction of sp³-hybridized carbons (Fsp3) is 0.467. The summed E-state index contributed by atoms with van der Waals surface area (Å²) in [7, 11) is 1.37. The van der Waals surface area contributed by atoms with Crippen molar-refractivity contribution in [3.05, 3.63) is 35.9 Å². The number of carbonyl (C=O) groups excluding carboxylic acids is 2. The van der Waals surface area contributed by atoms with Gasteiger partial charge in [0.15, 0.2) is 6.04 Å². The van der Waals surface area contributed by atoms with Crippen LogP contribution in [0.5, 0.6) is 0 Å². The average Bonchev–Trinajstić information content (AvgIpc) is 3.25. The minimum absolute atomic E-state index is 0.238. The van der Waals surface area contributed by atoms with Crippen LogP contribution in [0.4, 0.5) is 0 Å². The van der Waals surface area contributed by atoms with E-state index in [0.717, 1.165) is 10.5 Å². The van der Waals surface area contributed by atoms with Gasteiger partial charge >= 0.3 is 11.9 Å². The highest BCUT2D eigenvalue weighted by Gasteiger charge is 2.54. The van der Waals surface area contributed by atoms with Crippen molar-refractivity contribution >= 4 is 11.9 Å². The molecule has 0 aromatic heterocycles. The molecule has 1 aliphatic rings. The fourth-order valence-electron chi connectivity index (χ4n) is 2.40. The minimum Gasteiger partial charge on any atom is -0.464 e. The first-order valence-electron chi connectivity index (χ1n) is 6.81. The van der Waals surface area contributed by atoms with Crippen LogP contribution < -0.4 is 4.90 Å². The van der Waals surface area contributed by atoms with Crippen LogP contribution in [0.15, 0.2) is 30.3 Å². The molecule has 0 saturated carbocycles. The number of methoxy groups -OCH3 is 1. The highest BCUT2D eigenvalue weighted by Crippen LogP contribution is 2.06. The van der Waals surface area contributed by atoms with Gasteiger partial charge in [-0.15, -0.1) is 0 Å². The molecule has 0 radical (unpaired) electrons. The van der Waals surface area contributed by atoms with E-state index < -0.39 is 0 Å². The largest absolute Gasteiger partial charge is 0.464 e. The Labute approximate surface area is 118 Å². The molecule has 0 bridgehead atoms. The quantitative estimate of drug-likeness (QED) is 0.568. The molecule has 1 fully saturated rings. The highest BCUT2D eigenvalue weighted by molar-refractivity contribution is 5.78. The molecule has 5 nitrogen and oxygen atoms in total. The summed E-state index contributed by atoms with van der Waals surface area (Å²) in [6.07, 6.45) is 0.572. The minimum atomic E-state index is -0.346. The summed E-state index contributed by atoms with van der Waals surface area (Å²) < 4.78 is 9.86. The molecule has 1 N–H and O–H groups in total. The SMILES string of the molecule is CCOC(=O)[C@@H](Cc1ccccc1)[NH+]1C[C@@H]1C(=O)OC. The molecule has 1 aliphatic heterocycles. The number of esters is 2. The van der Waals surface area contributed by atoms with Crippen molar-refractivity contribution in [1.29, 1.82) is 0 Å². The fourth-order valence-corrected chi connectivity index (χ4v) is 2.40. The van der Waals surface area contributed by atoms with Crippen molar-refractivity contribution in [2.75, 3.05) is 20.3 Å². The van der Waals surface area contributed by atoms with Gasteiger partial charge in [-0.1, -0.05) is 30.3 Å². The first kappa shape index (κ1) is 14.5. The molecule has 0 amide bonds. The second-order valence-corrected chi connectivity index (χ2v) is 4.85. The van der Waals surface area contributed by atoms with E-state index in [9.17, 15) is 9.59 Å². The molecule has 108 valence electrons. The Hall–Kier alpha value is -1.88. The van der Waals surface area contributed by atoms with Crippen LogP contribution in [0.25, 0.3) is 0 Å². The first-order valence-corrected chi connectivity index (χ1v) is 6.81. The average molecular weight is 278 g/mol. The van der Waals surface area contributed by atoms with Gasteiger partial charge in [0.2, 0.25) is 6.04 Å². The summed E-state index contributed by atoms with van der Waals surface area (Å²) in [4.78, 5) is 24.5. The van der Waals surface area contributed by atoms with E-state index in [2.05, 4.69) is 0 Å². The van der Waals surface area contributed by atoms with E-state index in [1.165, 1.54) is 7.11 Å². The molecule has 3 atom stereocenters. The first-order chi connectivity index (χ1) is 9.67. The molecular weight excluding hydrogens is 258 g/mol. The van der Waals surface area contributed by atoms with Crippen molar-refractivity contribution in [1.82, 2.24) is 0 Å². The number of nitrogens with one attached hydrogen (secondary N) is 1. The van der Waals surface area contributed by atoms with Crippen molar-refractivity contribution in [3.63, 3.8) is 0 Å². The summed E-state index contributed by atoms with van der Waals surface area (Å²) in [5.74, 6) is -0.514. The molecule has 0 spiro atoms. The van der Waals surface area contributed by atoms with Gasteiger partial charge in [0.1, 0.15) is 6.54 Å². The molecule has 20 heavy (non-hydrogen) atoms. The van der Waals surface area contributed by atoms with Crippen molar-refractivity contribution in [2.45, 2.75) is 25.4 Å². The summed E-state index contributed by atoms with van der Waals surface area (Å²) in [5.41, 5.74) is 1.06. The lowest BCUT2D eigenvalue weighted by molar-refractivity contribution is -0.789. The number of hydrogen-bond donors (Lipinski definition) is 1. The molecule has 0 aliphatic carbocycles. The van der Waals surface area contributed by atoms with Gasteiger partial charge in [0.25, 0.3) is 0 Å². The predicted molar refractivity (Wildman–Crippen MR) is 72.2 cm³/mol. The van der Waals surface area contributed by atoms with Gasteiger partial charge in [0, 0.05) is 6.42 Å². The molecule has 2 rings (SSSR count). The molecule has 1 saturated heterocycles. The smallest absolute Gasteiger partial charge is 0.370 e. The second kappa shape index (κ2) is 6.52. The van der Waals surface area contributed by atoms with Crippen LogP contribution in [0.1, 0.15) is 12.5 Å². The van der Waals surface area contributed by atoms with Crippen LogP contribution in [0.2, 0.25) is 0 Å². The lowest BCUT2D eigenvalue weighted by atomic mass is 10.1. The molecular formula is C15H20NO4+. The molecule has 5 heteroatoms. The Morgan fingerprint density at radius 3 is 2.65 bits per heavy atom. The third-order valence-corrected chi connectivity index (χ3v) is 3.51. The van der Waals surface area contributed by atoms with Gasteiger partial charge in [-0.25, -0.2) is 9.59 Å². The Kier molecular flexibility index (Phi) is 4.74. The standard InChI is InChI=1S/C15H19NO4/c1-3-20-15(18)12(9-11-7-5-4-6-8-11)16-10-13(16)14(17)19-2/h4-8,12-13H,3,9-10H2,1-2H3/p+1/t12-,13-,16?/m1/s1. The van der Waals surface area contributed by atoms with E-state index >= 15 is 0 Å². The maximum Gasteiger partial charge on any atom is 0.370 e. The summed E-state index contributed by atoms with van der Waals surface area (Å²) in [6, 6.07) is 9.18. The van der Waals surface area contributed by atoms with Crippen LogP contribution in [-0.4, -0.2) is 44.3 Å². The van der Waals surface area contributed by atoms with Crippen molar-refractivity contribution in [2.24, 2.45) is 0 Å². The number of ether oxygens (including phenoxy) is 2. The van der Waals surface area contributed by atoms with E-state index in [0.29, 0.717) is 19.6 Å². The van der Waals surface area contributed by atoms with Gasteiger partial charge in [-0.3, -0.25) is 0 Å². The topological polar surface area (TPSA) is 57.0 Å². The zero-order chi connectivity index (χ0) is 14.5. The zero-order valence-corrected chi connectivity index (χ0v) is 11.8. The summed E-state index contributed by atoms with van der Waals surface area (Å²) in [5, 5.41) is 0. The van der Waals surface area contributed by atoms with Crippen LogP contribution in [0, 0.1) is 0 Å². The number of quaternary nitrogens is 1. The van der Waals surface area contributed by atoms with Gasteiger partial charge in [0.05, 0.1) is 13.7 Å². The van der Waals surface area contributed by atoms with E-state index in [4.69, 9.17) is 9.47 Å². The number of carbonyl (C=O) groups is 2. The Morgan fingerprint density at radius 1 is 1.35 bits per heavy atom. The monoisotopic (exact) mass is 278 g/mol. The maximum atomic E-state index is 12.1. The second-order valence-electron chi connectivity index (χ2n) is 4.85. The van der Waals surface area contributed by atoms with Gasteiger partial charge < -0.3 is 14.4 Å². The third-order valence-electron chi connectivity index (χ3n) is 3.51. The summed E-state index contributed by atoms with van der Waals surface area (Å²) >= 11 is 0. The highest BCUT2D eigenvalue weighted by atomic mass is 16.5. The van der Waals surface area contributed by atoms with Crippen molar-refractivity contribution in [3.8, 4) is 0 Å². The zero-order valence-electron chi connectivity index (χ0n) is 11.8. The molecule has 1 aromatic rings. The van der Waals surface area contributed by atoms with Crippen LogP contribution in [0.3, 0.4) is 0 Å². The maximum absolute atomic E-state index is 12.1. The van der Waals surface area contributed by atoms with E-state index in [1.807, 2.05) is 30.3 Å². The Balaban J connectivity index is 2.06. The third kappa shape index (κ3) is 3.36. The lowest BCUT2D eigenvalue weighted by Crippen LogP contribution is -3.02. The van der Waals surface area contributed by atoms with Crippen LogP contribution in [-0.2, 0) is 25.5 Å². The molecule has 1 unspecified atom stereocenters. The number of benzene rings is 1. The predicted octanol–water partition coefficient (Wildman–Crippen LogP) is -0.399. The summed E-state index contributed by atoms with van der Waals surface area (Å²) in [6.45, 7) is 2.76. The van der Waals surface area contributed by atoms with E-state index in [-0.39, 0.29) is 24.0 Å².